The fraction of sp³-hybridized carbons (Fsp3) is 0.0625. The number of hydrogen-bond acceptors (Lipinski definition) is 4. The number of carbonyl (C=O) groups is 1. The number of benzene rings is 2. The van der Waals surface area contributed by atoms with Crippen molar-refractivity contribution in [1.29, 1.82) is 5.26 Å². The second-order valence-corrected chi connectivity index (χ2v) is 4.27. The summed E-state index contributed by atoms with van der Waals surface area (Å²) in [7, 11) is 0. The number of rotatable bonds is 5. The van der Waals surface area contributed by atoms with Crippen molar-refractivity contribution in [3.05, 3.63) is 65.5 Å². The van der Waals surface area contributed by atoms with Crippen LogP contribution in [-0.2, 0) is 4.79 Å². The highest BCUT2D eigenvalue weighted by atomic mass is 19.1. The molecule has 0 saturated heterocycles. The predicted octanol–water partition coefficient (Wildman–Crippen LogP) is 2.23. The molecule has 22 heavy (non-hydrogen) atoms. The van der Waals surface area contributed by atoms with Gasteiger partial charge >= 0.3 is 0 Å². The Hall–Kier alpha value is -3.20. The lowest BCUT2D eigenvalue weighted by Gasteiger charge is -2.04. The van der Waals surface area contributed by atoms with Crippen LogP contribution in [0.2, 0.25) is 0 Å². The highest BCUT2D eigenvalue weighted by molar-refractivity contribution is 5.82. The highest BCUT2D eigenvalue weighted by Gasteiger charge is 2.01. The molecule has 0 bridgehead atoms. The zero-order valence-electron chi connectivity index (χ0n) is 11.5. The average Bonchev–Trinajstić information content (AvgIpc) is 2.53. The third kappa shape index (κ3) is 4.72. The van der Waals surface area contributed by atoms with Crippen molar-refractivity contribution in [3.63, 3.8) is 0 Å². The van der Waals surface area contributed by atoms with Crippen molar-refractivity contribution in [2.75, 3.05) is 6.61 Å². The lowest BCUT2D eigenvalue weighted by molar-refractivity contribution is -0.123. The lowest BCUT2D eigenvalue weighted by atomic mass is 10.2. The topological polar surface area (TPSA) is 74.5 Å². The van der Waals surface area contributed by atoms with E-state index in [1.165, 1.54) is 18.3 Å². The molecule has 0 radical (unpaired) electrons. The van der Waals surface area contributed by atoms with E-state index in [0.29, 0.717) is 16.9 Å². The molecule has 1 N–H and O–H groups in total. The summed E-state index contributed by atoms with van der Waals surface area (Å²) in [5.74, 6) is -0.348. The number of amides is 1. The standard InChI is InChI=1S/C16H12FN3O2/c17-14-3-1-2-13(8-14)10-19-20-16(21)11-22-15-6-4-12(9-18)5-7-15/h1-8,10H,11H2,(H,20,21)/b19-10+. The minimum Gasteiger partial charge on any atom is -0.484 e. The lowest BCUT2D eigenvalue weighted by Crippen LogP contribution is -2.24. The highest BCUT2D eigenvalue weighted by Crippen LogP contribution is 2.11. The normalized spacial score (nSPS) is 10.2. The zero-order valence-corrected chi connectivity index (χ0v) is 11.5. The van der Waals surface area contributed by atoms with Crippen molar-refractivity contribution in [3.8, 4) is 11.8 Å². The van der Waals surface area contributed by atoms with Gasteiger partial charge in [-0.1, -0.05) is 12.1 Å². The summed E-state index contributed by atoms with van der Waals surface area (Å²) in [6.07, 6.45) is 1.34. The van der Waals surface area contributed by atoms with E-state index in [9.17, 15) is 9.18 Å². The third-order valence-corrected chi connectivity index (χ3v) is 2.60. The molecule has 0 aliphatic heterocycles. The zero-order chi connectivity index (χ0) is 15.8. The molecule has 0 aliphatic carbocycles. The predicted molar refractivity (Wildman–Crippen MR) is 78.8 cm³/mol. The van der Waals surface area contributed by atoms with Gasteiger partial charge in [0.1, 0.15) is 11.6 Å². The van der Waals surface area contributed by atoms with E-state index < -0.39 is 5.91 Å². The molecule has 0 fully saturated rings. The molecule has 6 heteroatoms. The van der Waals surface area contributed by atoms with Crippen LogP contribution in [-0.4, -0.2) is 18.7 Å². The summed E-state index contributed by atoms with van der Waals surface area (Å²) in [4.78, 5) is 11.5. The van der Waals surface area contributed by atoms with Gasteiger partial charge in [0.05, 0.1) is 17.8 Å². The van der Waals surface area contributed by atoms with E-state index in [1.807, 2.05) is 6.07 Å². The van der Waals surface area contributed by atoms with Crippen LogP contribution in [0.15, 0.2) is 53.6 Å². The molecule has 0 saturated carbocycles. The molecule has 0 spiro atoms. The number of ether oxygens (including phenoxy) is 1. The van der Waals surface area contributed by atoms with Crippen molar-refractivity contribution in [2.24, 2.45) is 5.10 Å². The number of halogens is 1. The van der Waals surface area contributed by atoms with Crippen molar-refractivity contribution >= 4 is 12.1 Å². The van der Waals surface area contributed by atoms with Crippen LogP contribution < -0.4 is 10.2 Å². The van der Waals surface area contributed by atoms with E-state index in [0.717, 1.165) is 0 Å². The Morgan fingerprint density at radius 1 is 1.32 bits per heavy atom. The van der Waals surface area contributed by atoms with Gasteiger partial charge in [0.15, 0.2) is 6.61 Å². The molecule has 2 rings (SSSR count). The van der Waals surface area contributed by atoms with E-state index in [4.69, 9.17) is 10.00 Å². The summed E-state index contributed by atoms with van der Waals surface area (Å²) in [6, 6.07) is 14.2. The molecule has 0 aromatic heterocycles. The smallest absolute Gasteiger partial charge is 0.277 e. The minimum absolute atomic E-state index is 0.216. The number of nitriles is 1. The first-order chi connectivity index (χ1) is 10.7. The molecular weight excluding hydrogens is 285 g/mol. The van der Waals surface area contributed by atoms with Gasteiger partial charge in [0.25, 0.3) is 5.91 Å². The number of hydrazone groups is 1. The Bertz CT molecular complexity index is 721. The van der Waals surface area contributed by atoms with Crippen LogP contribution >= 0.6 is 0 Å². The van der Waals surface area contributed by atoms with Crippen molar-refractivity contribution < 1.29 is 13.9 Å². The molecule has 110 valence electrons. The van der Waals surface area contributed by atoms with Crippen LogP contribution in [0.4, 0.5) is 4.39 Å². The summed E-state index contributed by atoms with van der Waals surface area (Å²) < 4.78 is 18.2. The maximum Gasteiger partial charge on any atom is 0.277 e. The Kier molecular flexibility index (Phi) is 5.21. The van der Waals surface area contributed by atoms with Crippen molar-refractivity contribution in [2.45, 2.75) is 0 Å². The number of nitrogens with zero attached hydrogens (tertiary/aromatic N) is 2. The first-order valence-corrected chi connectivity index (χ1v) is 6.38. The third-order valence-electron chi connectivity index (χ3n) is 2.60. The Balaban J connectivity index is 1.79. The van der Waals surface area contributed by atoms with E-state index in [-0.39, 0.29) is 12.4 Å². The Labute approximate surface area is 126 Å². The fourth-order valence-electron chi connectivity index (χ4n) is 1.57. The monoisotopic (exact) mass is 297 g/mol. The quantitative estimate of drug-likeness (QED) is 0.679. The number of nitrogens with one attached hydrogen (secondary N) is 1. The second-order valence-electron chi connectivity index (χ2n) is 4.27. The van der Waals surface area contributed by atoms with E-state index >= 15 is 0 Å². The van der Waals surface area contributed by atoms with Gasteiger partial charge in [0, 0.05) is 0 Å². The molecule has 0 heterocycles. The largest absolute Gasteiger partial charge is 0.484 e. The Morgan fingerprint density at radius 2 is 2.09 bits per heavy atom. The van der Waals surface area contributed by atoms with Gasteiger partial charge < -0.3 is 4.74 Å². The second kappa shape index (κ2) is 7.55. The van der Waals surface area contributed by atoms with Crippen LogP contribution in [0.25, 0.3) is 0 Å². The molecule has 0 atom stereocenters. The molecule has 0 aliphatic rings. The van der Waals surface area contributed by atoms with Crippen LogP contribution in [0.5, 0.6) is 5.75 Å². The first-order valence-electron chi connectivity index (χ1n) is 6.38. The van der Waals surface area contributed by atoms with Crippen molar-refractivity contribution in [1.82, 2.24) is 5.43 Å². The van der Waals surface area contributed by atoms with Gasteiger partial charge in [0.2, 0.25) is 0 Å². The first kappa shape index (κ1) is 15.2. The van der Waals surface area contributed by atoms with Crippen LogP contribution in [0.3, 0.4) is 0 Å². The summed E-state index contributed by atoms with van der Waals surface area (Å²) in [6.45, 7) is -0.216. The number of hydrogen-bond donors (Lipinski definition) is 1. The summed E-state index contributed by atoms with van der Waals surface area (Å²) >= 11 is 0. The van der Waals surface area contributed by atoms with Gasteiger partial charge in [-0.3, -0.25) is 4.79 Å². The molecular formula is C16H12FN3O2. The summed E-state index contributed by atoms with van der Waals surface area (Å²) in [5.41, 5.74) is 3.32. The van der Waals surface area contributed by atoms with Gasteiger partial charge in [-0.2, -0.15) is 10.4 Å². The van der Waals surface area contributed by atoms with E-state index in [2.05, 4.69) is 10.5 Å². The SMILES string of the molecule is N#Cc1ccc(OCC(=O)N/N=C/c2cccc(F)c2)cc1. The Morgan fingerprint density at radius 3 is 2.77 bits per heavy atom. The van der Waals surface area contributed by atoms with Gasteiger partial charge in [-0.25, -0.2) is 9.82 Å². The summed E-state index contributed by atoms with van der Waals surface area (Å²) in [5, 5.41) is 12.4. The molecule has 1 amide bonds. The maximum absolute atomic E-state index is 12.9. The van der Waals surface area contributed by atoms with Crippen LogP contribution in [0.1, 0.15) is 11.1 Å². The fourth-order valence-corrected chi connectivity index (χ4v) is 1.57. The molecule has 2 aromatic rings. The van der Waals surface area contributed by atoms with Gasteiger partial charge in [-0.05, 0) is 42.0 Å². The molecule has 0 unspecified atom stereocenters. The van der Waals surface area contributed by atoms with Crippen LogP contribution in [0, 0.1) is 17.1 Å². The number of carbonyl (C=O) groups excluding carboxylic acids is 1. The molecule has 5 nitrogen and oxygen atoms in total. The van der Waals surface area contributed by atoms with E-state index in [1.54, 1.807) is 36.4 Å². The van der Waals surface area contributed by atoms with Gasteiger partial charge in [-0.15, -0.1) is 0 Å². The average molecular weight is 297 g/mol. The minimum atomic E-state index is -0.447. The maximum atomic E-state index is 12.9. The molecule has 2 aromatic carbocycles.